The van der Waals surface area contributed by atoms with E-state index in [1.54, 1.807) is 6.92 Å². The molecule has 0 aromatic carbocycles. The van der Waals surface area contributed by atoms with E-state index in [0.717, 1.165) is 44.9 Å². The maximum atomic E-state index is 12.6. The Balaban J connectivity index is 4.03. The summed E-state index contributed by atoms with van der Waals surface area (Å²) in [7, 11) is -4.28. The van der Waals surface area contributed by atoms with E-state index in [4.69, 9.17) is 18.5 Å². The number of esters is 2. The van der Waals surface area contributed by atoms with Crippen molar-refractivity contribution in [3.8, 4) is 0 Å². The van der Waals surface area contributed by atoms with Crippen LogP contribution in [0.2, 0.25) is 0 Å². The molecule has 0 spiro atoms. The Kier molecular flexibility index (Phi) is 42.5. The quantitative estimate of drug-likeness (QED) is 0.0280. The van der Waals surface area contributed by atoms with Crippen molar-refractivity contribution in [2.75, 3.05) is 19.8 Å². The van der Waals surface area contributed by atoms with E-state index in [0.29, 0.717) is 6.42 Å². The van der Waals surface area contributed by atoms with Crippen LogP contribution in [0, 0.1) is 0 Å². The summed E-state index contributed by atoms with van der Waals surface area (Å²) in [6.45, 7) is 5.47. The van der Waals surface area contributed by atoms with Crippen LogP contribution in [0.1, 0.15) is 233 Å². The van der Waals surface area contributed by atoms with E-state index in [1.165, 1.54) is 148 Å². The van der Waals surface area contributed by atoms with E-state index >= 15 is 0 Å². The van der Waals surface area contributed by atoms with Crippen LogP contribution in [0.3, 0.4) is 0 Å². The minimum atomic E-state index is -4.28. The fourth-order valence-corrected chi connectivity index (χ4v) is 7.41. The van der Waals surface area contributed by atoms with Gasteiger partial charge in [0.15, 0.2) is 6.10 Å². The van der Waals surface area contributed by atoms with Gasteiger partial charge < -0.3 is 14.4 Å². The lowest BCUT2D eigenvalue weighted by atomic mass is 10.1. The number of phosphoric acid groups is 1. The minimum Gasteiger partial charge on any atom is -0.462 e. The van der Waals surface area contributed by atoms with Crippen LogP contribution < -0.4 is 0 Å². The Morgan fingerprint density at radius 1 is 0.474 bits per heavy atom. The first-order valence-corrected chi connectivity index (χ1v) is 25.3. The van der Waals surface area contributed by atoms with Gasteiger partial charge in [-0.2, -0.15) is 0 Å². The highest BCUT2D eigenvalue weighted by molar-refractivity contribution is 7.47. The molecule has 0 heterocycles. The van der Waals surface area contributed by atoms with Crippen molar-refractivity contribution in [3.63, 3.8) is 0 Å². The molecule has 0 saturated heterocycles. The Morgan fingerprint density at radius 3 is 1.30 bits per heavy atom. The first-order valence-electron chi connectivity index (χ1n) is 23.8. The molecule has 0 aliphatic heterocycles. The monoisotopic (exact) mass is 825 g/mol. The summed E-state index contributed by atoms with van der Waals surface area (Å²) >= 11 is 0. The van der Waals surface area contributed by atoms with Crippen molar-refractivity contribution in [1.29, 1.82) is 0 Å². The van der Waals surface area contributed by atoms with Gasteiger partial charge in [-0.1, -0.05) is 179 Å². The number of carbonyl (C=O) groups is 2. The Morgan fingerprint density at radius 2 is 0.842 bits per heavy atom. The first-order chi connectivity index (χ1) is 27.8. The zero-order valence-corrected chi connectivity index (χ0v) is 38.1. The molecular formula is C48H89O8P. The molecule has 2 unspecified atom stereocenters. The van der Waals surface area contributed by atoms with Crippen molar-refractivity contribution in [3.05, 3.63) is 36.5 Å². The number of carbonyl (C=O) groups excluding carboxylic acids is 2. The van der Waals surface area contributed by atoms with Gasteiger partial charge in [0.1, 0.15) is 6.61 Å². The third-order valence-corrected chi connectivity index (χ3v) is 11.2. The van der Waals surface area contributed by atoms with Gasteiger partial charge in [-0.3, -0.25) is 18.6 Å². The van der Waals surface area contributed by atoms with E-state index in [-0.39, 0.29) is 32.0 Å². The molecule has 0 rings (SSSR count). The summed E-state index contributed by atoms with van der Waals surface area (Å²) in [5.74, 6) is -0.801. The topological polar surface area (TPSA) is 108 Å². The molecule has 0 amide bonds. The highest BCUT2D eigenvalue weighted by atomic mass is 31.2. The van der Waals surface area contributed by atoms with Gasteiger partial charge in [0.2, 0.25) is 0 Å². The van der Waals surface area contributed by atoms with Gasteiger partial charge in [0.05, 0.1) is 13.2 Å². The number of allylic oxidation sites excluding steroid dienone is 6. The third-order valence-electron chi connectivity index (χ3n) is 10.2. The highest BCUT2D eigenvalue weighted by Gasteiger charge is 2.25. The van der Waals surface area contributed by atoms with Crippen molar-refractivity contribution in [2.24, 2.45) is 0 Å². The molecule has 0 fully saturated rings. The van der Waals surface area contributed by atoms with Crippen LogP contribution in [0.5, 0.6) is 0 Å². The van der Waals surface area contributed by atoms with Crippen molar-refractivity contribution in [1.82, 2.24) is 0 Å². The molecule has 0 aromatic heterocycles. The van der Waals surface area contributed by atoms with Crippen LogP contribution in [0.15, 0.2) is 36.5 Å². The zero-order chi connectivity index (χ0) is 41.8. The van der Waals surface area contributed by atoms with Gasteiger partial charge in [0, 0.05) is 12.8 Å². The molecule has 57 heavy (non-hydrogen) atoms. The Bertz CT molecular complexity index is 1030. The molecule has 0 bridgehead atoms. The predicted molar refractivity (Wildman–Crippen MR) is 239 cm³/mol. The number of ether oxygens (including phenoxy) is 2. The summed E-state index contributed by atoms with van der Waals surface area (Å²) in [6.07, 6.45) is 50.5. The van der Waals surface area contributed by atoms with Crippen LogP contribution in [0.25, 0.3) is 0 Å². The number of rotatable bonds is 44. The molecule has 0 aliphatic rings. The van der Waals surface area contributed by atoms with Gasteiger partial charge in [-0.15, -0.1) is 0 Å². The Labute approximate surface area is 351 Å². The molecule has 2 atom stereocenters. The molecule has 0 aliphatic carbocycles. The van der Waals surface area contributed by atoms with Crippen molar-refractivity contribution < 1.29 is 37.6 Å². The first kappa shape index (κ1) is 55.3. The standard InChI is InChI=1S/C48H89O8P/c1-4-7-9-11-13-15-17-19-21-23-25-27-29-31-33-35-37-39-41-43-48(50)56-46(45-55-57(51,52)54-6-3)44-53-47(49)42-40-38-36-34-32-30-28-26-24-22-20-18-16-14-12-10-8-5-2/h13,15,19,21-22,24,46H,4-12,14,16-18,20,23,25-45H2,1-3H3,(H,51,52)/b15-13-,21-19-,24-22-. The number of phosphoric ester groups is 1. The number of hydrogen-bond acceptors (Lipinski definition) is 7. The zero-order valence-electron chi connectivity index (χ0n) is 37.2. The summed E-state index contributed by atoms with van der Waals surface area (Å²) in [5.41, 5.74) is 0. The maximum absolute atomic E-state index is 12.6. The van der Waals surface area contributed by atoms with E-state index in [9.17, 15) is 19.0 Å². The van der Waals surface area contributed by atoms with Crippen LogP contribution in [-0.2, 0) is 32.7 Å². The van der Waals surface area contributed by atoms with Gasteiger partial charge in [0.25, 0.3) is 0 Å². The van der Waals surface area contributed by atoms with E-state index < -0.39 is 26.5 Å². The van der Waals surface area contributed by atoms with Crippen LogP contribution in [-0.4, -0.2) is 42.8 Å². The molecular weight excluding hydrogens is 735 g/mol. The van der Waals surface area contributed by atoms with Gasteiger partial charge >= 0.3 is 19.8 Å². The summed E-state index contributed by atoms with van der Waals surface area (Å²) in [6, 6.07) is 0. The van der Waals surface area contributed by atoms with E-state index in [2.05, 4.69) is 50.3 Å². The second-order valence-electron chi connectivity index (χ2n) is 15.8. The summed E-state index contributed by atoms with van der Waals surface area (Å²) in [4.78, 5) is 34.8. The second-order valence-corrected chi connectivity index (χ2v) is 17.2. The number of hydrogen-bond donors (Lipinski definition) is 1. The SMILES string of the molecule is CCCCC/C=C\C/C=C\CCCCCCCCCCCC(=O)OC(COC(=O)CCCCCCCCC/C=C\CCCCCCCCC)COP(=O)(O)OCC. The number of unbranched alkanes of at least 4 members (excludes halogenated alkanes) is 26. The minimum absolute atomic E-state index is 0.000860. The lowest BCUT2D eigenvalue weighted by Crippen LogP contribution is -2.29. The predicted octanol–water partition coefficient (Wildman–Crippen LogP) is 15.2. The van der Waals surface area contributed by atoms with Gasteiger partial charge in [-0.25, -0.2) is 4.57 Å². The fraction of sp³-hybridized carbons (Fsp3) is 0.833. The summed E-state index contributed by atoms with van der Waals surface area (Å²) in [5, 5.41) is 0. The molecule has 8 nitrogen and oxygen atoms in total. The maximum Gasteiger partial charge on any atom is 0.472 e. The second kappa shape index (κ2) is 43.8. The lowest BCUT2D eigenvalue weighted by Gasteiger charge is -2.19. The van der Waals surface area contributed by atoms with E-state index in [1.807, 2.05) is 0 Å². The average molecular weight is 825 g/mol. The molecule has 9 heteroatoms. The Hall–Kier alpha value is -1.73. The molecule has 0 radical (unpaired) electrons. The van der Waals surface area contributed by atoms with Crippen molar-refractivity contribution >= 4 is 19.8 Å². The molecule has 334 valence electrons. The van der Waals surface area contributed by atoms with Gasteiger partial charge in [-0.05, 0) is 77.6 Å². The largest absolute Gasteiger partial charge is 0.472 e. The fourth-order valence-electron chi connectivity index (χ4n) is 6.66. The third kappa shape index (κ3) is 43.7. The van der Waals surface area contributed by atoms with Crippen LogP contribution >= 0.6 is 7.82 Å². The highest BCUT2D eigenvalue weighted by Crippen LogP contribution is 2.43. The normalized spacial score (nSPS) is 13.5. The molecule has 0 saturated carbocycles. The average Bonchev–Trinajstić information content (AvgIpc) is 3.19. The summed E-state index contributed by atoms with van der Waals surface area (Å²) < 4.78 is 32.7. The molecule has 0 aromatic rings. The smallest absolute Gasteiger partial charge is 0.462 e. The van der Waals surface area contributed by atoms with Crippen molar-refractivity contribution in [2.45, 2.75) is 239 Å². The van der Waals surface area contributed by atoms with Crippen LogP contribution in [0.4, 0.5) is 0 Å². The molecule has 1 N–H and O–H groups in total. The lowest BCUT2D eigenvalue weighted by molar-refractivity contribution is -0.161.